The number of hydrogen-bond donors (Lipinski definition) is 2. The average Bonchev–Trinajstić information content (AvgIpc) is 2.27. The summed E-state index contributed by atoms with van der Waals surface area (Å²) in [5, 5.41) is 12.4. The van der Waals surface area contributed by atoms with Gasteiger partial charge < -0.3 is 10.4 Å². The van der Waals surface area contributed by atoms with Crippen molar-refractivity contribution >= 4 is 28.6 Å². The summed E-state index contributed by atoms with van der Waals surface area (Å²) in [6, 6.07) is 8.21. The summed E-state index contributed by atoms with van der Waals surface area (Å²) in [5.41, 5.74) is 1.19. The summed E-state index contributed by atoms with van der Waals surface area (Å²) in [7, 11) is 0. The second kappa shape index (κ2) is 7.74. The van der Waals surface area contributed by atoms with E-state index < -0.39 is 5.97 Å². The van der Waals surface area contributed by atoms with Gasteiger partial charge in [-0.15, -0.1) is 0 Å². The summed E-state index contributed by atoms with van der Waals surface area (Å²) in [6.45, 7) is 5.35. The van der Waals surface area contributed by atoms with E-state index in [9.17, 15) is 4.79 Å². The van der Waals surface area contributed by atoms with Crippen molar-refractivity contribution in [1.29, 1.82) is 0 Å². The van der Waals surface area contributed by atoms with Crippen molar-refractivity contribution < 1.29 is 9.90 Å². The van der Waals surface area contributed by atoms with Crippen molar-refractivity contribution in [1.82, 2.24) is 5.32 Å². The van der Waals surface area contributed by atoms with Gasteiger partial charge in [-0.1, -0.05) is 26.0 Å². The summed E-state index contributed by atoms with van der Waals surface area (Å²) in [4.78, 5) is 11.1. The molecule has 0 fully saturated rings. The van der Waals surface area contributed by atoms with Gasteiger partial charge >= 0.3 is 5.97 Å². The van der Waals surface area contributed by atoms with E-state index in [1.807, 2.05) is 18.2 Å². The molecule has 0 saturated carbocycles. The van der Waals surface area contributed by atoms with Gasteiger partial charge in [0.25, 0.3) is 0 Å². The lowest BCUT2D eigenvalue weighted by molar-refractivity contribution is -0.142. The van der Waals surface area contributed by atoms with Crippen LogP contribution in [0.5, 0.6) is 0 Å². The normalized spacial score (nSPS) is 12.7. The van der Waals surface area contributed by atoms with E-state index in [0.717, 1.165) is 6.54 Å². The van der Waals surface area contributed by atoms with Crippen LogP contribution in [0.3, 0.4) is 0 Å². The molecule has 1 rings (SSSR count). The number of halogens is 1. The fourth-order valence-electron chi connectivity index (χ4n) is 1.88. The Morgan fingerprint density at radius 3 is 2.72 bits per heavy atom. The fraction of sp³-hybridized carbons (Fsp3) is 0.500. The first-order valence-electron chi connectivity index (χ1n) is 6.17. The molecule has 0 heterocycles. The van der Waals surface area contributed by atoms with Gasteiger partial charge in [-0.05, 0) is 52.6 Å². The molecule has 0 aliphatic heterocycles. The number of nitrogens with one attached hydrogen (secondary N) is 1. The average molecular weight is 361 g/mol. The summed E-state index contributed by atoms with van der Waals surface area (Å²) < 4.78 is 1.20. The molecule has 0 spiro atoms. The van der Waals surface area contributed by atoms with Crippen molar-refractivity contribution in [2.24, 2.45) is 11.8 Å². The Bertz CT molecular complexity index is 393. The third kappa shape index (κ3) is 5.82. The molecular weight excluding hydrogens is 341 g/mol. The van der Waals surface area contributed by atoms with Crippen molar-refractivity contribution in [3.05, 3.63) is 33.4 Å². The van der Waals surface area contributed by atoms with Gasteiger partial charge in [0, 0.05) is 16.7 Å². The van der Waals surface area contributed by atoms with E-state index in [4.69, 9.17) is 5.11 Å². The zero-order valence-corrected chi connectivity index (χ0v) is 13.0. The Labute approximate surface area is 122 Å². The molecule has 100 valence electrons. The highest BCUT2D eigenvalue weighted by Gasteiger charge is 2.18. The zero-order chi connectivity index (χ0) is 13.5. The molecular formula is C14H20INO2. The number of benzene rings is 1. The van der Waals surface area contributed by atoms with Gasteiger partial charge in [0.1, 0.15) is 0 Å². The molecule has 0 bridgehead atoms. The first kappa shape index (κ1) is 15.4. The Morgan fingerprint density at radius 1 is 1.44 bits per heavy atom. The highest BCUT2D eigenvalue weighted by atomic mass is 127. The maximum atomic E-state index is 11.1. The maximum Gasteiger partial charge on any atom is 0.307 e. The van der Waals surface area contributed by atoms with Gasteiger partial charge in [-0.25, -0.2) is 0 Å². The van der Waals surface area contributed by atoms with Crippen molar-refractivity contribution in [3.63, 3.8) is 0 Å². The van der Waals surface area contributed by atoms with E-state index in [0.29, 0.717) is 18.9 Å². The first-order chi connectivity index (χ1) is 8.49. The van der Waals surface area contributed by atoms with E-state index >= 15 is 0 Å². The van der Waals surface area contributed by atoms with Crippen LogP contribution in [-0.4, -0.2) is 17.6 Å². The topological polar surface area (TPSA) is 49.3 Å². The van der Waals surface area contributed by atoms with Crippen LogP contribution >= 0.6 is 22.6 Å². The molecule has 1 atom stereocenters. The molecule has 0 aromatic heterocycles. The van der Waals surface area contributed by atoms with Gasteiger partial charge in [-0.3, -0.25) is 4.79 Å². The van der Waals surface area contributed by atoms with Gasteiger partial charge in [0.2, 0.25) is 0 Å². The number of hydrogen-bond acceptors (Lipinski definition) is 2. The van der Waals surface area contributed by atoms with E-state index in [1.54, 1.807) is 0 Å². The maximum absolute atomic E-state index is 11.1. The molecule has 1 unspecified atom stereocenters. The minimum Gasteiger partial charge on any atom is -0.481 e. The molecule has 1 aromatic carbocycles. The molecule has 0 radical (unpaired) electrons. The minimum atomic E-state index is -0.709. The number of aliphatic carboxylic acids is 1. The monoisotopic (exact) mass is 361 g/mol. The second-order valence-corrected chi connectivity index (χ2v) is 6.17. The largest absolute Gasteiger partial charge is 0.481 e. The molecule has 18 heavy (non-hydrogen) atoms. The Balaban J connectivity index is 2.41. The number of carboxylic acids is 1. The van der Waals surface area contributed by atoms with Crippen LogP contribution < -0.4 is 5.32 Å². The van der Waals surface area contributed by atoms with Crippen LogP contribution in [0.15, 0.2) is 24.3 Å². The van der Waals surface area contributed by atoms with Crippen LogP contribution in [0.1, 0.15) is 25.8 Å². The van der Waals surface area contributed by atoms with Gasteiger partial charge in [0.05, 0.1) is 5.92 Å². The predicted octanol–water partition coefficient (Wildman–Crippen LogP) is 3.13. The first-order valence-corrected chi connectivity index (χ1v) is 7.25. The lowest BCUT2D eigenvalue weighted by Gasteiger charge is -2.15. The summed E-state index contributed by atoms with van der Waals surface area (Å²) >= 11 is 2.28. The molecule has 2 N–H and O–H groups in total. The minimum absolute atomic E-state index is 0.298. The molecule has 4 heteroatoms. The van der Waals surface area contributed by atoms with E-state index in [1.165, 1.54) is 9.13 Å². The highest BCUT2D eigenvalue weighted by Crippen LogP contribution is 2.12. The van der Waals surface area contributed by atoms with Gasteiger partial charge in [-0.2, -0.15) is 0 Å². The Kier molecular flexibility index (Phi) is 6.63. The lowest BCUT2D eigenvalue weighted by atomic mass is 9.97. The molecule has 0 aliphatic rings. The van der Waals surface area contributed by atoms with Crippen molar-refractivity contribution in [2.45, 2.75) is 26.8 Å². The molecule has 3 nitrogen and oxygen atoms in total. The fourth-order valence-corrected chi connectivity index (χ4v) is 2.49. The lowest BCUT2D eigenvalue weighted by Crippen LogP contribution is -2.29. The van der Waals surface area contributed by atoms with E-state index in [2.05, 4.69) is 47.8 Å². The quantitative estimate of drug-likeness (QED) is 0.734. The third-order valence-electron chi connectivity index (χ3n) is 2.71. The smallest absolute Gasteiger partial charge is 0.307 e. The highest BCUT2D eigenvalue weighted by molar-refractivity contribution is 14.1. The summed E-state index contributed by atoms with van der Waals surface area (Å²) in [6.07, 6.45) is 0.717. The van der Waals surface area contributed by atoms with E-state index in [-0.39, 0.29) is 5.92 Å². The molecule has 0 saturated heterocycles. The Morgan fingerprint density at radius 2 is 2.17 bits per heavy atom. The predicted molar refractivity (Wildman–Crippen MR) is 81.4 cm³/mol. The van der Waals surface area contributed by atoms with Crippen LogP contribution in [0, 0.1) is 15.4 Å². The number of carboxylic acid groups (broad SMARTS) is 1. The van der Waals surface area contributed by atoms with Crippen molar-refractivity contribution in [3.8, 4) is 0 Å². The molecule has 1 aromatic rings. The molecule has 0 amide bonds. The standard InChI is InChI=1S/C14H20INO2/c1-10(2)6-12(14(17)18)9-16-8-11-4-3-5-13(15)7-11/h3-5,7,10,12,16H,6,8-9H2,1-2H3,(H,17,18). The second-order valence-electron chi connectivity index (χ2n) is 4.93. The Hall–Kier alpha value is -0.620. The van der Waals surface area contributed by atoms with Crippen LogP contribution in [-0.2, 0) is 11.3 Å². The van der Waals surface area contributed by atoms with Crippen LogP contribution in [0.25, 0.3) is 0 Å². The SMILES string of the molecule is CC(C)CC(CNCc1cccc(I)c1)C(=O)O. The summed E-state index contributed by atoms with van der Waals surface area (Å²) in [5.74, 6) is -0.600. The van der Waals surface area contributed by atoms with Crippen LogP contribution in [0.4, 0.5) is 0 Å². The number of carbonyl (C=O) groups is 1. The van der Waals surface area contributed by atoms with Gasteiger partial charge in [0.15, 0.2) is 0 Å². The molecule has 0 aliphatic carbocycles. The zero-order valence-electron chi connectivity index (χ0n) is 10.8. The number of rotatable bonds is 7. The van der Waals surface area contributed by atoms with Crippen LogP contribution in [0.2, 0.25) is 0 Å². The van der Waals surface area contributed by atoms with Crippen molar-refractivity contribution in [2.75, 3.05) is 6.54 Å². The third-order valence-corrected chi connectivity index (χ3v) is 3.39.